The number of pyridine rings is 1. The third kappa shape index (κ3) is 5.36. The van der Waals surface area contributed by atoms with Crippen LogP contribution in [-0.4, -0.2) is 34.0 Å². The van der Waals surface area contributed by atoms with Gasteiger partial charge in [0.05, 0.1) is 0 Å². The van der Waals surface area contributed by atoms with Gasteiger partial charge in [-0.3, -0.25) is 4.98 Å². The Hall–Kier alpha value is -0.190. The van der Waals surface area contributed by atoms with E-state index in [2.05, 4.69) is 53.7 Å². The van der Waals surface area contributed by atoms with Gasteiger partial charge >= 0.3 is 0 Å². The summed E-state index contributed by atoms with van der Waals surface area (Å²) in [5.41, 5.74) is 1.33. The lowest BCUT2D eigenvalue weighted by Gasteiger charge is -2.26. The number of hydrogen-bond donors (Lipinski definition) is 1. The van der Waals surface area contributed by atoms with Gasteiger partial charge in [0.15, 0.2) is 0 Å². The average molecular weight is 297 g/mol. The van der Waals surface area contributed by atoms with E-state index in [1.165, 1.54) is 35.0 Å². The number of aromatic nitrogens is 1. The molecule has 2 heterocycles. The molecule has 0 amide bonds. The summed E-state index contributed by atoms with van der Waals surface area (Å²) < 4.78 is 0. The molecule has 2 nitrogen and oxygen atoms in total. The van der Waals surface area contributed by atoms with Gasteiger partial charge in [-0.15, -0.1) is 0 Å². The molecule has 1 aromatic heterocycles. The highest BCUT2D eigenvalue weighted by atomic mass is 32.2. The molecule has 0 radical (unpaired) electrons. The van der Waals surface area contributed by atoms with Crippen LogP contribution in [0.2, 0.25) is 0 Å². The molecule has 4 heteroatoms. The van der Waals surface area contributed by atoms with Crippen LogP contribution in [0.4, 0.5) is 0 Å². The Bertz CT molecular complexity index is 348. The average Bonchev–Trinajstić information content (AvgIpc) is 2.67. The molecule has 1 fully saturated rings. The molecule has 1 aliphatic rings. The fourth-order valence-corrected chi connectivity index (χ4v) is 4.77. The van der Waals surface area contributed by atoms with E-state index in [1.807, 2.05) is 18.5 Å². The summed E-state index contributed by atoms with van der Waals surface area (Å²) in [4.78, 5) is 4.27. The van der Waals surface area contributed by atoms with E-state index in [0.29, 0.717) is 18.0 Å². The highest BCUT2D eigenvalue weighted by Crippen LogP contribution is 2.24. The lowest BCUT2D eigenvalue weighted by atomic mass is 9.97. The molecule has 19 heavy (non-hydrogen) atoms. The standard InChI is InChI=1S/C15H24N2S2/c1-12(2)8-15(13-4-3-5-16-9-13)17-14-10-18-6-7-19-11-14/h3-5,9,12,14-15,17H,6-8,10-11H2,1-2H3/t15-/m1/s1. The Labute approximate surface area is 125 Å². The molecule has 1 saturated heterocycles. The fraction of sp³-hybridized carbons (Fsp3) is 0.667. The van der Waals surface area contributed by atoms with E-state index in [9.17, 15) is 0 Å². The zero-order valence-electron chi connectivity index (χ0n) is 11.8. The second-order valence-electron chi connectivity index (χ2n) is 5.48. The molecule has 1 atom stereocenters. The molecule has 0 aromatic carbocycles. The van der Waals surface area contributed by atoms with Crippen LogP contribution in [0.1, 0.15) is 31.9 Å². The van der Waals surface area contributed by atoms with Gasteiger partial charge in [0.1, 0.15) is 0 Å². The molecule has 1 N–H and O–H groups in total. The minimum atomic E-state index is 0.443. The van der Waals surface area contributed by atoms with Gasteiger partial charge in [0.2, 0.25) is 0 Å². The maximum absolute atomic E-state index is 4.27. The number of nitrogens with zero attached hydrogens (tertiary/aromatic N) is 1. The largest absolute Gasteiger partial charge is 0.305 e. The van der Waals surface area contributed by atoms with Crippen molar-refractivity contribution >= 4 is 23.5 Å². The van der Waals surface area contributed by atoms with Gasteiger partial charge in [0.25, 0.3) is 0 Å². The molecule has 0 bridgehead atoms. The predicted molar refractivity (Wildman–Crippen MR) is 88.0 cm³/mol. The number of hydrogen-bond acceptors (Lipinski definition) is 4. The molecular weight excluding hydrogens is 272 g/mol. The normalized spacial score (nSPS) is 19.3. The Kier molecular flexibility index (Phi) is 6.54. The third-order valence-electron chi connectivity index (χ3n) is 3.24. The van der Waals surface area contributed by atoms with E-state index in [1.54, 1.807) is 0 Å². The van der Waals surface area contributed by atoms with Gasteiger partial charge < -0.3 is 5.32 Å². The maximum Gasteiger partial charge on any atom is 0.0341 e. The Balaban J connectivity index is 2.00. The first-order valence-electron chi connectivity index (χ1n) is 7.07. The summed E-state index contributed by atoms with van der Waals surface area (Å²) in [5, 5.41) is 3.86. The van der Waals surface area contributed by atoms with E-state index < -0.39 is 0 Å². The first-order valence-corrected chi connectivity index (χ1v) is 9.38. The van der Waals surface area contributed by atoms with Crippen LogP contribution in [0.25, 0.3) is 0 Å². The predicted octanol–water partition coefficient (Wildman–Crippen LogP) is 3.61. The van der Waals surface area contributed by atoms with Crippen LogP contribution in [0.3, 0.4) is 0 Å². The second-order valence-corrected chi connectivity index (χ2v) is 7.78. The number of rotatable bonds is 5. The Morgan fingerprint density at radius 1 is 1.32 bits per heavy atom. The molecule has 0 unspecified atom stereocenters. The monoisotopic (exact) mass is 296 g/mol. The Morgan fingerprint density at radius 2 is 2.05 bits per heavy atom. The van der Waals surface area contributed by atoms with Crippen LogP contribution in [0.5, 0.6) is 0 Å². The SMILES string of the molecule is CC(C)C[C@@H](NC1CSCCSC1)c1cccnc1. The highest BCUT2D eigenvalue weighted by molar-refractivity contribution is 8.03. The van der Waals surface area contributed by atoms with Crippen LogP contribution in [0, 0.1) is 5.92 Å². The second kappa shape index (κ2) is 8.18. The van der Waals surface area contributed by atoms with Crippen molar-refractivity contribution in [3.63, 3.8) is 0 Å². The summed E-state index contributed by atoms with van der Waals surface area (Å²) in [6.07, 6.45) is 5.04. The quantitative estimate of drug-likeness (QED) is 0.897. The van der Waals surface area contributed by atoms with Crippen molar-refractivity contribution in [2.24, 2.45) is 5.92 Å². The first-order chi connectivity index (χ1) is 9.25. The minimum absolute atomic E-state index is 0.443. The molecular formula is C15H24N2S2. The molecule has 2 rings (SSSR count). The van der Waals surface area contributed by atoms with E-state index in [4.69, 9.17) is 0 Å². The first kappa shape index (κ1) is 15.2. The van der Waals surface area contributed by atoms with Crippen molar-refractivity contribution in [1.29, 1.82) is 0 Å². The van der Waals surface area contributed by atoms with Crippen LogP contribution in [0.15, 0.2) is 24.5 Å². The van der Waals surface area contributed by atoms with Crippen molar-refractivity contribution in [2.45, 2.75) is 32.4 Å². The molecule has 1 aliphatic heterocycles. The maximum atomic E-state index is 4.27. The van der Waals surface area contributed by atoms with Gasteiger partial charge in [-0.1, -0.05) is 19.9 Å². The third-order valence-corrected chi connectivity index (χ3v) is 5.76. The summed E-state index contributed by atoms with van der Waals surface area (Å²) in [6.45, 7) is 4.59. The fourth-order valence-electron chi connectivity index (χ4n) is 2.35. The number of nitrogens with one attached hydrogen (secondary N) is 1. The topological polar surface area (TPSA) is 24.9 Å². The van der Waals surface area contributed by atoms with Crippen molar-refractivity contribution in [2.75, 3.05) is 23.0 Å². The summed E-state index contributed by atoms with van der Waals surface area (Å²) in [6, 6.07) is 5.31. The summed E-state index contributed by atoms with van der Waals surface area (Å²) in [5.74, 6) is 5.77. The van der Waals surface area contributed by atoms with Crippen LogP contribution < -0.4 is 5.32 Å². The Morgan fingerprint density at radius 3 is 2.63 bits per heavy atom. The van der Waals surface area contributed by atoms with Gasteiger partial charge in [0, 0.05) is 47.5 Å². The molecule has 1 aromatic rings. The molecule has 0 aliphatic carbocycles. The van der Waals surface area contributed by atoms with E-state index in [0.717, 1.165) is 0 Å². The molecule has 0 saturated carbocycles. The van der Waals surface area contributed by atoms with Crippen LogP contribution >= 0.6 is 23.5 Å². The van der Waals surface area contributed by atoms with E-state index >= 15 is 0 Å². The van der Waals surface area contributed by atoms with Crippen molar-refractivity contribution in [3.8, 4) is 0 Å². The molecule has 106 valence electrons. The van der Waals surface area contributed by atoms with E-state index in [-0.39, 0.29) is 0 Å². The van der Waals surface area contributed by atoms with Crippen molar-refractivity contribution < 1.29 is 0 Å². The zero-order valence-corrected chi connectivity index (χ0v) is 13.5. The van der Waals surface area contributed by atoms with Crippen molar-refractivity contribution in [3.05, 3.63) is 30.1 Å². The van der Waals surface area contributed by atoms with Crippen molar-refractivity contribution in [1.82, 2.24) is 10.3 Å². The van der Waals surface area contributed by atoms with Crippen LogP contribution in [-0.2, 0) is 0 Å². The highest BCUT2D eigenvalue weighted by Gasteiger charge is 2.19. The lowest BCUT2D eigenvalue weighted by Crippen LogP contribution is -2.37. The van der Waals surface area contributed by atoms with Gasteiger partial charge in [-0.25, -0.2) is 0 Å². The summed E-state index contributed by atoms with van der Waals surface area (Å²) in [7, 11) is 0. The molecule has 0 spiro atoms. The summed E-state index contributed by atoms with van der Waals surface area (Å²) >= 11 is 4.16. The smallest absolute Gasteiger partial charge is 0.0341 e. The van der Waals surface area contributed by atoms with Gasteiger partial charge in [-0.2, -0.15) is 23.5 Å². The lowest BCUT2D eigenvalue weighted by molar-refractivity contribution is 0.405. The number of thioether (sulfide) groups is 2. The minimum Gasteiger partial charge on any atom is -0.305 e. The zero-order chi connectivity index (χ0) is 13.5. The van der Waals surface area contributed by atoms with Gasteiger partial charge in [-0.05, 0) is 24.0 Å².